The zero-order chi connectivity index (χ0) is 33.0. The lowest BCUT2D eigenvalue weighted by molar-refractivity contribution is 0.669. The SMILES string of the molecule is c1ccc(N(c2ccccc2)c2ccc3oc4cc(N(c5ccccc5)c5cc6oc7ccccc7c6c6ccccc56)ccc4c3c2)cc1. The quantitative estimate of drug-likeness (QED) is 0.181. The van der Waals surface area contributed by atoms with Gasteiger partial charge in [-0.25, -0.2) is 0 Å². The Labute approximate surface area is 288 Å². The maximum atomic E-state index is 6.60. The molecule has 0 unspecified atom stereocenters. The Morgan fingerprint density at radius 3 is 1.50 bits per heavy atom. The molecule has 0 bridgehead atoms. The molecule has 0 saturated carbocycles. The minimum absolute atomic E-state index is 0.829. The lowest BCUT2D eigenvalue weighted by atomic mass is 10.0. The number of nitrogens with zero attached hydrogens (tertiary/aromatic N) is 2. The van der Waals surface area contributed by atoms with Gasteiger partial charge < -0.3 is 18.6 Å². The van der Waals surface area contributed by atoms with E-state index in [1.54, 1.807) is 0 Å². The molecule has 10 rings (SSSR count). The minimum Gasteiger partial charge on any atom is -0.456 e. The molecule has 0 aliphatic carbocycles. The molecule has 0 atom stereocenters. The van der Waals surface area contributed by atoms with Gasteiger partial charge in [-0.05, 0) is 78.2 Å². The number of para-hydroxylation sites is 4. The molecule has 8 aromatic carbocycles. The number of rotatable bonds is 6. The Hall–Kier alpha value is -6.78. The topological polar surface area (TPSA) is 32.8 Å². The second kappa shape index (κ2) is 11.4. The van der Waals surface area contributed by atoms with Crippen molar-refractivity contribution in [2.75, 3.05) is 9.80 Å². The fraction of sp³-hybridized carbons (Fsp3) is 0. The van der Waals surface area contributed by atoms with Crippen LogP contribution in [0.2, 0.25) is 0 Å². The fourth-order valence-corrected chi connectivity index (χ4v) is 7.39. The van der Waals surface area contributed by atoms with Crippen molar-refractivity contribution in [3.8, 4) is 0 Å². The molecular weight excluding hydrogens is 613 g/mol. The molecule has 2 aromatic heterocycles. The number of benzene rings is 8. The highest BCUT2D eigenvalue weighted by atomic mass is 16.3. The Kier molecular flexibility index (Phi) is 6.46. The molecule has 4 nitrogen and oxygen atoms in total. The van der Waals surface area contributed by atoms with Crippen molar-refractivity contribution in [3.63, 3.8) is 0 Å². The van der Waals surface area contributed by atoms with Gasteiger partial charge >= 0.3 is 0 Å². The maximum absolute atomic E-state index is 6.60. The third-order valence-electron chi connectivity index (χ3n) is 9.60. The number of hydrogen-bond donors (Lipinski definition) is 0. The molecule has 0 aliphatic rings. The van der Waals surface area contributed by atoms with Crippen LogP contribution in [0.4, 0.5) is 34.1 Å². The molecule has 0 amide bonds. The van der Waals surface area contributed by atoms with E-state index >= 15 is 0 Å². The van der Waals surface area contributed by atoms with Gasteiger partial charge in [0.15, 0.2) is 0 Å². The van der Waals surface area contributed by atoms with Crippen LogP contribution in [0.3, 0.4) is 0 Å². The first-order valence-corrected chi connectivity index (χ1v) is 16.8. The fourth-order valence-electron chi connectivity index (χ4n) is 7.39. The summed E-state index contributed by atoms with van der Waals surface area (Å²) in [5, 5.41) is 6.70. The zero-order valence-electron chi connectivity index (χ0n) is 27.0. The molecule has 236 valence electrons. The van der Waals surface area contributed by atoms with Gasteiger partial charge in [-0.3, -0.25) is 0 Å². The summed E-state index contributed by atoms with van der Waals surface area (Å²) in [7, 11) is 0. The summed E-state index contributed by atoms with van der Waals surface area (Å²) in [6.07, 6.45) is 0. The van der Waals surface area contributed by atoms with Crippen LogP contribution in [0, 0.1) is 0 Å². The zero-order valence-corrected chi connectivity index (χ0v) is 27.0. The summed E-state index contributed by atoms with van der Waals surface area (Å²) in [5.41, 5.74) is 9.78. The number of fused-ring (bicyclic) bond motifs is 8. The molecule has 0 radical (unpaired) electrons. The second-order valence-electron chi connectivity index (χ2n) is 12.6. The van der Waals surface area contributed by atoms with E-state index in [2.05, 4.69) is 168 Å². The summed E-state index contributed by atoms with van der Waals surface area (Å²) in [6, 6.07) is 63.5. The van der Waals surface area contributed by atoms with Gasteiger partial charge in [0, 0.05) is 67.5 Å². The van der Waals surface area contributed by atoms with Crippen LogP contribution < -0.4 is 9.80 Å². The molecular formula is C46H30N2O2. The molecule has 0 fully saturated rings. The number of anilines is 6. The molecule has 4 heteroatoms. The summed E-state index contributed by atoms with van der Waals surface area (Å²) in [5.74, 6) is 0. The largest absolute Gasteiger partial charge is 0.456 e. The van der Waals surface area contributed by atoms with Crippen LogP contribution in [-0.2, 0) is 0 Å². The van der Waals surface area contributed by atoms with Crippen molar-refractivity contribution >= 4 is 88.8 Å². The smallest absolute Gasteiger partial charge is 0.138 e. The van der Waals surface area contributed by atoms with Crippen LogP contribution in [0.15, 0.2) is 191 Å². The van der Waals surface area contributed by atoms with Gasteiger partial charge in [-0.15, -0.1) is 0 Å². The van der Waals surface area contributed by atoms with Crippen LogP contribution in [0.25, 0.3) is 54.6 Å². The Bertz CT molecular complexity index is 2780. The normalized spacial score (nSPS) is 11.6. The lowest BCUT2D eigenvalue weighted by Crippen LogP contribution is -2.10. The third kappa shape index (κ3) is 4.54. The van der Waals surface area contributed by atoms with E-state index < -0.39 is 0 Å². The first-order chi connectivity index (χ1) is 24.8. The van der Waals surface area contributed by atoms with E-state index in [1.807, 2.05) is 24.3 Å². The first kappa shape index (κ1) is 28.3. The van der Waals surface area contributed by atoms with Gasteiger partial charge in [0.25, 0.3) is 0 Å². The average Bonchev–Trinajstić information content (AvgIpc) is 3.74. The first-order valence-electron chi connectivity index (χ1n) is 16.8. The summed E-state index contributed by atoms with van der Waals surface area (Å²) < 4.78 is 13.1. The van der Waals surface area contributed by atoms with E-state index in [0.717, 1.165) is 88.8 Å². The predicted octanol–water partition coefficient (Wildman–Crippen LogP) is 13.6. The van der Waals surface area contributed by atoms with E-state index in [9.17, 15) is 0 Å². The van der Waals surface area contributed by atoms with Crippen LogP contribution in [0.1, 0.15) is 0 Å². The summed E-state index contributed by atoms with van der Waals surface area (Å²) in [6.45, 7) is 0. The van der Waals surface area contributed by atoms with Gasteiger partial charge in [0.1, 0.15) is 22.3 Å². The summed E-state index contributed by atoms with van der Waals surface area (Å²) >= 11 is 0. The minimum atomic E-state index is 0.829. The van der Waals surface area contributed by atoms with Gasteiger partial charge in [-0.1, -0.05) is 97.1 Å². The molecule has 10 aromatic rings. The van der Waals surface area contributed by atoms with Crippen molar-refractivity contribution in [2.24, 2.45) is 0 Å². The molecule has 0 aliphatic heterocycles. The van der Waals surface area contributed by atoms with E-state index in [-0.39, 0.29) is 0 Å². The highest BCUT2D eigenvalue weighted by Crippen LogP contribution is 2.46. The number of hydrogen-bond acceptors (Lipinski definition) is 4. The standard InChI is InChI=1S/C46H30N2O2/c1-4-14-31(15-5-1)47(32-16-6-2-7-17-32)34-25-27-43-40(28-34)37-26-24-35(29-44(37)49-43)48(33-18-8-3-9-19-33)41-30-45-46(38-21-11-10-20-36(38)41)39-22-12-13-23-42(39)50-45/h1-30H. The van der Waals surface area contributed by atoms with Gasteiger partial charge in [0.05, 0.1) is 5.69 Å². The monoisotopic (exact) mass is 642 g/mol. The van der Waals surface area contributed by atoms with Gasteiger partial charge in [-0.2, -0.15) is 0 Å². The van der Waals surface area contributed by atoms with Crippen molar-refractivity contribution in [1.82, 2.24) is 0 Å². The molecule has 0 N–H and O–H groups in total. The van der Waals surface area contributed by atoms with Gasteiger partial charge in [0.2, 0.25) is 0 Å². The second-order valence-corrected chi connectivity index (χ2v) is 12.6. The predicted molar refractivity (Wildman–Crippen MR) is 208 cm³/mol. The van der Waals surface area contributed by atoms with Crippen molar-refractivity contribution in [1.29, 1.82) is 0 Å². The Balaban J connectivity index is 1.16. The molecule has 0 spiro atoms. The molecule has 50 heavy (non-hydrogen) atoms. The van der Waals surface area contributed by atoms with Crippen LogP contribution in [0.5, 0.6) is 0 Å². The van der Waals surface area contributed by atoms with E-state index in [1.165, 1.54) is 0 Å². The Morgan fingerprint density at radius 1 is 0.280 bits per heavy atom. The lowest BCUT2D eigenvalue weighted by Gasteiger charge is -2.27. The van der Waals surface area contributed by atoms with E-state index in [4.69, 9.17) is 8.83 Å². The highest BCUT2D eigenvalue weighted by Gasteiger charge is 2.22. The number of furan rings is 2. The Morgan fingerprint density at radius 2 is 0.800 bits per heavy atom. The highest BCUT2D eigenvalue weighted by molar-refractivity contribution is 6.22. The third-order valence-corrected chi connectivity index (χ3v) is 9.60. The van der Waals surface area contributed by atoms with Crippen molar-refractivity contribution in [3.05, 3.63) is 182 Å². The average molecular weight is 643 g/mol. The van der Waals surface area contributed by atoms with Crippen LogP contribution >= 0.6 is 0 Å². The van der Waals surface area contributed by atoms with E-state index in [0.29, 0.717) is 0 Å². The summed E-state index contributed by atoms with van der Waals surface area (Å²) in [4.78, 5) is 4.59. The van der Waals surface area contributed by atoms with Crippen LogP contribution in [-0.4, -0.2) is 0 Å². The maximum Gasteiger partial charge on any atom is 0.138 e. The van der Waals surface area contributed by atoms with Crippen molar-refractivity contribution < 1.29 is 8.83 Å². The van der Waals surface area contributed by atoms with Crippen molar-refractivity contribution in [2.45, 2.75) is 0 Å². The molecule has 2 heterocycles. The molecule has 0 saturated heterocycles.